The van der Waals surface area contributed by atoms with Crippen molar-refractivity contribution in [3.8, 4) is 0 Å². The first-order chi connectivity index (χ1) is 34.5. The van der Waals surface area contributed by atoms with Gasteiger partial charge in [-0.3, -0.25) is 14.4 Å². The minimum Gasteiger partial charge on any atom is -0.462 e. The number of unbranched alkanes of at least 4 members (excludes halogenated alkanes) is 40. The Bertz CT molecular complexity index is 1170. The molecule has 0 aromatic rings. The van der Waals surface area contributed by atoms with Crippen molar-refractivity contribution in [2.24, 2.45) is 0 Å². The van der Waals surface area contributed by atoms with Crippen LogP contribution in [0.5, 0.6) is 0 Å². The Balaban J connectivity index is 4.35. The summed E-state index contributed by atoms with van der Waals surface area (Å²) in [4.78, 5) is 38.3. The van der Waals surface area contributed by atoms with Crippen molar-refractivity contribution >= 4 is 17.9 Å². The zero-order valence-corrected chi connectivity index (χ0v) is 47.1. The average molecular weight is 984 g/mol. The van der Waals surface area contributed by atoms with Gasteiger partial charge in [0.15, 0.2) is 6.10 Å². The second-order valence-electron chi connectivity index (χ2n) is 21.0. The van der Waals surface area contributed by atoms with Crippen LogP contribution >= 0.6 is 0 Å². The molecular formula is C64H118O6. The third-order valence-corrected chi connectivity index (χ3v) is 13.9. The lowest BCUT2D eigenvalue weighted by atomic mass is 10.0. The standard InChI is InChI=1S/C64H118O6/c1-4-7-10-13-16-19-22-25-28-31-34-36-39-42-45-48-51-54-57-63(66)69-60-61(70-64(67)58-55-52-49-46-43-40-37-33-30-27-24-21-18-15-12-9-6-3)59-68-62(65)56-53-50-47-44-41-38-35-32-29-26-23-20-17-14-11-8-5-2/h19,22,27-28,30-31,61H,4-18,20-21,23-26,29,32-60H2,1-3H3/b22-19-,30-27-,31-28-. The largest absolute Gasteiger partial charge is 0.462 e. The molecule has 0 aliphatic heterocycles. The highest BCUT2D eigenvalue weighted by Crippen LogP contribution is 2.17. The molecule has 0 N–H and O–H groups in total. The van der Waals surface area contributed by atoms with E-state index in [0.29, 0.717) is 19.3 Å². The van der Waals surface area contributed by atoms with Crippen LogP contribution in [0.15, 0.2) is 36.5 Å². The van der Waals surface area contributed by atoms with Crippen LogP contribution in [0.4, 0.5) is 0 Å². The fourth-order valence-corrected chi connectivity index (χ4v) is 9.18. The highest BCUT2D eigenvalue weighted by atomic mass is 16.6. The first-order valence-corrected chi connectivity index (χ1v) is 31.0. The van der Waals surface area contributed by atoms with E-state index in [4.69, 9.17) is 14.2 Å². The summed E-state index contributed by atoms with van der Waals surface area (Å²) in [7, 11) is 0. The van der Waals surface area contributed by atoms with Crippen LogP contribution in [0.1, 0.15) is 335 Å². The summed E-state index contributed by atoms with van der Waals surface area (Å²) in [5.74, 6) is -0.863. The highest BCUT2D eigenvalue weighted by Gasteiger charge is 2.19. The van der Waals surface area contributed by atoms with E-state index in [1.165, 1.54) is 225 Å². The third-order valence-electron chi connectivity index (χ3n) is 13.9. The molecule has 0 amide bonds. The van der Waals surface area contributed by atoms with E-state index in [9.17, 15) is 14.4 Å². The van der Waals surface area contributed by atoms with Crippen LogP contribution in [-0.2, 0) is 28.6 Å². The quantitative estimate of drug-likeness (QED) is 0.0261. The van der Waals surface area contributed by atoms with Gasteiger partial charge in [0.25, 0.3) is 0 Å². The molecule has 6 heteroatoms. The molecule has 1 atom stereocenters. The van der Waals surface area contributed by atoms with Crippen molar-refractivity contribution < 1.29 is 28.6 Å². The van der Waals surface area contributed by atoms with E-state index in [1.54, 1.807) is 0 Å². The molecule has 1 unspecified atom stereocenters. The summed E-state index contributed by atoms with van der Waals surface area (Å²) < 4.78 is 16.9. The van der Waals surface area contributed by atoms with Crippen molar-refractivity contribution in [2.45, 2.75) is 341 Å². The van der Waals surface area contributed by atoms with Gasteiger partial charge in [0.1, 0.15) is 13.2 Å². The van der Waals surface area contributed by atoms with Gasteiger partial charge in [-0.25, -0.2) is 0 Å². The molecule has 0 aromatic heterocycles. The van der Waals surface area contributed by atoms with E-state index in [2.05, 4.69) is 57.2 Å². The van der Waals surface area contributed by atoms with Crippen LogP contribution in [-0.4, -0.2) is 37.2 Å². The first-order valence-electron chi connectivity index (χ1n) is 31.0. The van der Waals surface area contributed by atoms with E-state index in [1.807, 2.05) is 0 Å². The third kappa shape index (κ3) is 56.5. The second kappa shape index (κ2) is 59.2. The first kappa shape index (κ1) is 67.6. The number of rotatable bonds is 57. The van der Waals surface area contributed by atoms with E-state index < -0.39 is 6.10 Å². The lowest BCUT2D eigenvalue weighted by molar-refractivity contribution is -0.167. The number of carbonyl (C=O) groups is 3. The Hall–Kier alpha value is -2.37. The minimum atomic E-state index is -0.776. The van der Waals surface area contributed by atoms with Gasteiger partial charge in [0, 0.05) is 19.3 Å². The predicted octanol–water partition coefficient (Wildman–Crippen LogP) is 20.8. The molecule has 0 aliphatic rings. The molecule has 0 rings (SSSR count). The topological polar surface area (TPSA) is 78.9 Å². The maximum atomic E-state index is 12.9. The fourth-order valence-electron chi connectivity index (χ4n) is 9.18. The zero-order chi connectivity index (χ0) is 50.7. The van der Waals surface area contributed by atoms with E-state index in [0.717, 1.165) is 70.6 Å². The van der Waals surface area contributed by atoms with Crippen LogP contribution < -0.4 is 0 Å². The molecule has 0 bridgehead atoms. The van der Waals surface area contributed by atoms with E-state index in [-0.39, 0.29) is 31.1 Å². The van der Waals surface area contributed by atoms with Gasteiger partial charge in [-0.15, -0.1) is 0 Å². The van der Waals surface area contributed by atoms with Gasteiger partial charge < -0.3 is 14.2 Å². The lowest BCUT2D eigenvalue weighted by Crippen LogP contribution is -2.30. The minimum absolute atomic E-state index is 0.0723. The van der Waals surface area contributed by atoms with Crippen molar-refractivity contribution in [1.82, 2.24) is 0 Å². The molecule has 0 aliphatic carbocycles. The number of ether oxygens (including phenoxy) is 3. The Morgan fingerprint density at radius 3 is 0.814 bits per heavy atom. The molecule has 6 nitrogen and oxygen atoms in total. The monoisotopic (exact) mass is 983 g/mol. The van der Waals surface area contributed by atoms with Gasteiger partial charge in [-0.05, 0) is 77.0 Å². The van der Waals surface area contributed by atoms with Crippen molar-refractivity contribution in [1.29, 1.82) is 0 Å². The van der Waals surface area contributed by atoms with Crippen LogP contribution in [0.25, 0.3) is 0 Å². The van der Waals surface area contributed by atoms with Crippen LogP contribution in [0.2, 0.25) is 0 Å². The molecule has 0 heterocycles. The molecule has 0 aromatic carbocycles. The van der Waals surface area contributed by atoms with Crippen molar-refractivity contribution in [3.05, 3.63) is 36.5 Å². The van der Waals surface area contributed by atoms with Crippen LogP contribution in [0.3, 0.4) is 0 Å². The van der Waals surface area contributed by atoms with Gasteiger partial charge in [0.2, 0.25) is 0 Å². The number of esters is 3. The Morgan fingerprint density at radius 1 is 0.286 bits per heavy atom. The molecule has 0 saturated heterocycles. The number of hydrogen-bond acceptors (Lipinski definition) is 6. The smallest absolute Gasteiger partial charge is 0.306 e. The van der Waals surface area contributed by atoms with Gasteiger partial charge >= 0.3 is 17.9 Å². The normalized spacial score (nSPS) is 12.2. The second-order valence-corrected chi connectivity index (χ2v) is 21.0. The van der Waals surface area contributed by atoms with Gasteiger partial charge in [-0.1, -0.05) is 276 Å². The maximum Gasteiger partial charge on any atom is 0.306 e. The van der Waals surface area contributed by atoms with Crippen LogP contribution in [0, 0.1) is 0 Å². The van der Waals surface area contributed by atoms with Crippen molar-refractivity contribution in [3.63, 3.8) is 0 Å². The molecule has 0 radical (unpaired) electrons. The Morgan fingerprint density at radius 2 is 0.514 bits per heavy atom. The summed E-state index contributed by atoms with van der Waals surface area (Å²) >= 11 is 0. The summed E-state index contributed by atoms with van der Waals surface area (Å²) in [6.07, 6.45) is 71.3. The van der Waals surface area contributed by atoms with Gasteiger partial charge in [0.05, 0.1) is 0 Å². The molecule has 0 spiro atoms. The number of allylic oxidation sites excluding steroid dienone is 6. The summed E-state index contributed by atoms with van der Waals surface area (Å²) in [6.45, 7) is 6.66. The summed E-state index contributed by atoms with van der Waals surface area (Å²) in [5, 5.41) is 0. The fraction of sp³-hybridized carbons (Fsp3) is 0.859. The molecule has 410 valence electrons. The van der Waals surface area contributed by atoms with Gasteiger partial charge in [-0.2, -0.15) is 0 Å². The number of hydrogen-bond donors (Lipinski definition) is 0. The molecule has 70 heavy (non-hydrogen) atoms. The SMILES string of the molecule is CCCCCC/C=C\C/C=C\CCCCCCCCCC(=O)OCC(COC(=O)CCCCCCCCCCCCCCCCCCC)OC(=O)CCCCCCCCC/C=C\CCCCCCCC. The zero-order valence-electron chi connectivity index (χ0n) is 47.1. The van der Waals surface area contributed by atoms with Crippen molar-refractivity contribution in [2.75, 3.05) is 13.2 Å². The average Bonchev–Trinajstić information content (AvgIpc) is 3.36. The molecule has 0 fully saturated rings. The number of carbonyl (C=O) groups excluding carboxylic acids is 3. The molecular weight excluding hydrogens is 865 g/mol. The Labute approximate surface area is 435 Å². The Kier molecular flexibility index (Phi) is 57.2. The molecule has 0 saturated carbocycles. The summed E-state index contributed by atoms with van der Waals surface area (Å²) in [6, 6.07) is 0. The van der Waals surface area contributed by atoms with E-state index >= 15 is 0 Å². The maximum absolute atomic E-state index is 12.9. The predicted molar refractivity (Wildman–Crippen MR) is 302 cm³/mol. The summed E-state index contributed by atoms with van der Waals surface area (Å²) in [5.41, 5.74) is 0. The lowest BCUT2D eigenvalue weighted by Gasteiger charge is -2.18. The highest BCUT2D eigenvalue weighted by molar-refractivity contribution is 5.71.